The van der Waals surface area contributed by atoms with Gasteiger partial charge in [-0.15, -0.1) is 0 Å². The minimum absolute atomic E-state index is 0.0430. The van der Waals surface area contributed by atoms with Gasteiger partial charge in [-0.2, -0.15) is 0 Å². The van der Waals surface area contributed by atoms with Gasteiger partial charge in [-0.3, -0.25) is 0 Å². The Morgan fingerprint density at radius 1 is 1.12 bits per heavy atom. The molecule has 0 unspecified atom stereocenters. The van der Waals surface area contributed by atoms with Crippen LogP contribution in [-0.4, -0.2) is 33.2 Å². The van der Waals surface area contributed by atoms with Crippen molar-refractivity contribution in [2.24, 2.45) is 0 Å². The number of rotatable bonds is 5. The minimum atomic E-state index is -0.0430. The lowest BCUT2D eigenvalue weighted by Gasteiger charge is -2.23. The van der Waals surface area contributed by atoms with Gasteiger partial charge in [0.2, 0.25) is 0 Å². The van der Waals surface area contributed by atoms with Crippen molar-refractivity contribution in [2.75, 3.05) is 6.54 Å². The van der Waals surface area contributed by atoms with Gasteiger partial charge in [0.25, 0.3) is 0 Å². The molecule has 2 aromatic heterocycles. The highest BCUT2D eigenvalue weighted by Gasteiger charge is 2.23. The Labute approximate surface area is 154 Å². The molecule has 2 aromatic rings. The Hall–Kier alpha value is -2.11. The van der Waals surface area contributed by atoms with E-state index in [1.807, 2.05) is 18.3 Å². The van der Waals surface area contributed by atoms with Crippen molar-refractivity contribution in [3.05, 3.63) is 24.2 Å². The Morgan fingerprint density at radius 2 is 1.88 bits per heavy atom. The van der Waals surface area contributed by atoms with E-state index in [0.29, 0.717) is 18.6 Å². The summed E-state index contributed by atoms with van der Waals surface area (Å²) in [6, 6.07) is 4.77. The quantitative estimate of drug-likeness (QED) is 0.858. The van der Waals surface area contributed by atoms with Crippen molar-refractivity contribution in [1.29, 1.82) is 0 Å². The molecular weight excluding hydrogens is 326 g/mol. The Balaban J connectivity index is 1.39. The molecule has 2 aliphatic rings. The standard InChI is InChI=1S/C20H29N5O/c26-20(23-15-7-2-1-3-8-15)22-14-12-18-24-17-11-6-13-21-19(17)25(18)16-9-4-5-10-16/h6,11,13,15-16H,1-5,7-10,12,14H2,(H2,22,23,26). The molecule has 0 saturated heterocycles. The number of urea groups is 1. The number of hydrogen-bond donors (Lipinski definition) is 2. The van der Waals surface area contributed by atoms with E-state index in [1.54, 1.807) is 0 Å². The van der Waals surface area contributed by atoms with Gasteiger partial charge in [-0.05, 0) is 37.8 Å². The number of hydrogen-bond acceptors (Lipinski definition) is 3. The summed E-state index contributed by atoms with van der Waals surface area (Å²) < 4.78 is 2.32. The van der Waals surface area contributed by atoms with Gasteiger partial charge in [0.05, 0.1) is 0 Å². The van der Waals surface area contributed by atoms with Gasteiger partial charge in [-0.25, -0.2) is 14.8 Å². The van der Waals surface area contributed by atoms with E-state index in [4.69, 9.17) is 4.98 Å². The number of pyridine rings is 1. The molecule has 6 nitrogen and oxygen atoms in total. The number of imidazole rings is 1. The molecule has 26 heavy (non-hydrogen) atoms. The fourth-order valence-electron chi connectivity index (χ4n) is 4.47. The van der Waals surface area contributed by atoms with E-state index >= 15 is 0 Å². The van der Waals surface area contributed by atoms with E-state index < -0.39 is 0 Å². The molecule has 4 rings (SSSR count). The average Bonchev–Trinajstić information content (AvgIpc) is 3.29. The molecular formula is C20H29N5O. The molecule has 2 saturated carbocycles. The number of fused-ring (bicyclic) bond motifs is 1. The second kappa shape index (κ2) is 8.06. The number of amides is 2. The average molecular weight is 355 g/mol. The third kappa shape index (κ3) is 3.84. The first-order chi connectivity index (χ1) is 12.8. The zero-order chi connectivity index (χ0) is 17.8. The molecule has 2 heterocycles. The van der Waals surface area contributed by atoms with Crippen LogP contribution >= 0.6 is 0 Å². The van der Waals surface area contributed by atoms with Gasteiger partial charge in [0.1, 0.15) is 11.3 Å². The second-order valence-corrected chi connectivity index (χ2v) is 7.67. The maximum Gasteiger partial charge on any atom is 0.315 e. The van der Waals surface area contributed by atoms with Crippen LogP contribution in [0.25, 0.3) is 11.2 Å². The minimum Gasteiger partial charge on any atom is -0.338 e. The SMILES string of the molecule is O=C(NCCc1nc2cccnc2n1C1CCCC1)NC1CCCCC1. The van der Waals surface area contributed by atoms with Crippen molar-refractivity contribution < 1.29 is 4.79 Å². The van der Waals surface area contributed by atoms with Gasteiger partial charge in [-0.1, -0.05) is 32.1 Å². The van der Waals surface area contributed by atoms with Gasteiger partial charge < -0.3 is 15.2 Å². The summed E-state index contributed by atoms with van der Waals surface area (Å²) in [5.74, 6) is 1.04. The number of nitrogens with zero attached hydrogens (tertiary/aromatic N) is 3. The van der Waals surface area contributed by atoms with Crippen LogP contribution in [0.4, 0.5) is 4.79 Å². The topological polar surface area (TPSA) is 71.8 Å². The smallest absolute Gasteiger partial charge is 0.315 e. The maximum absolute atomic E-state index is 12.2. The fourth-order valence-corrected chi connectivity index (χ4v) is 4.47. The van der Waals surface area contributed by atoms with Crippen molar-refractivity contribution in [3.8, 4) is 0 Å². The molecule has 140 valence electrons. The highest BCUT2D eigenvalue weighted by molar-refractivity contribution is 5.74. The van der Waals surface area contributed by atoms with Gasteiger partial charge in [0, 0.05) is 31.2 Å². The lowest BCUT2D eigenvalue weighted by molar-refractivity contribution is 0.232. The summed E-state index contributed by atoms with van der Waals surface area (Å²) in [5.41, 5.74) is 1.95. The molecule has 0 atom stereocenters. The van der Waals surface area contributed by atoms with E-state index in [2.05, 4.69) is 20.2 Å². The molecule has 6 heteroatoms. The van der Waals surface area contributed by atoms with E-state index in [-0.39, 0.29) is 6.03 Å². The largest absolute Gasteiger partial charge is 0.338 e. The van der Waals surface area contributed by atoms with E-state index in [9.17, 15) is 4.79 Å². The molecule has 2 aliphatic carbocycles. The third-order valence-electron chi connectivity index (χ3n) is 5.79. The van der Waals surface area contributed by atoms with Crippen LogP contribution in [0.3, 0.4) is 0 Å². The molecule has 0 aliphatic heterocycles. The summed E-state index contributed by atoms with van der Waals surface area (Å²) in [4.78, 5) is 21.5. The van der Waals surface area contributed by atoms with Crippen molar-refractivity contribution in [3.63, 3.8) is 0 Å². The lowest BCUT2D eigenvalue weighted by Crippen LogP contribution is -2.43. The number of carbonyl (C=O) groups excluding carboxylic acids is 1. The Kier molecular flexibility index (Phi) is 5.37. The fraction of sp³-hybridized carbons (Fsp3) is 0.650. The van der Waals surface area contributed by atoms with Crippen LogP contribution in [0.1, 0.15) is 69.7 Å². The van der Waals surface area contributed by atoms with Crippen molar-refractivity contribution in [1.82, 2.24) is 25.2 Å². The number of nitrogens with one attached hydrogen (secondary N) is 2. The highest BCUT2D eigenvalue weighted by Crippen LogP contribution is 2.33. The van der Waals surface area contributed by atoms with Gasteiger partial charge >= 0.3 is 6.03 Å². The molecule has 0 aromatic carbocycles. The predicted molar refractivity (Wildman–Crippen MR) is 102 cm³/mol. The maximum atomic E-state index is 12.2. The van der Waals surface area contributed by atoms with Crippen LogP contribution in [0.2, 0.25) is 0 Å². The van der Waals surface area contributed by atoms with Crippen LogP contribution in [0.15, 0.2) is 18.3 Å². The summed E-state index contributed by atoms with van der Waals surface area (Å²) in [6.07, 6.45) is 13.5. The van der Waals surface area contributed by atoms with Crippen LogP contribution in [0.5, 0.6) is 0 Å². The zero-order valence-electron chi connectivity index (χ0n) is 15.4. The Bertz CT molecular complexity index is 744. The lowest BCUT2D eigenvalue weighted by atomic mass is 9.96. The summed E-state index contributed by atoms with van der Waals surface area (Å²) >= 11 is 0. The summed E-state index contributed by atoms with van der Waals surface area (Å²) in [7, 11) is 0. The van der Waals surface area contributed by atoms with Crippen molar-refractivity contribution >= 4 is 17.2 Å². The first-order valence-corrected chi connectivity index (χ1v) is 10.2. The Morgan fingerprint density at radius 3 is 2.69 bits per heavy atom. The monoisotopic (exact) mass is 355 g/mol. The van der Waals surface area contributed by atoms with E-state index in [0.717, 1.165) is 36.3 Å². The zero-order valence-corrected chi connectivity index (χ0v) is 15.4. The first kappa shape index (κ1) is 17.3. The summed E-state index contributed by atoms with van der Waals surface area (Å²) in [5, 5.41) is 6.13. The number of carbonyl (C=O) groups is 1. The number of aromatic nitrogens is 3. The van der Waals surface area contributed by atoms with E-state index in [1.165, 1.54) is 44.9 Å². The predicted octanol–water partition coefficient (Wildman–Crippen LogP) is 3.72. The van der Waals surface area contributed by atoms with Crippen molar-refractivity contribution in [2.45, 2.75) is 76.3 Å². The normalized spacial score (nSPS) is 19.1. The molecule has 2 amide bonds. The first-order valence-electron chi connectivity index (χ1n) is 10.2. The van der Waals surface area contributed by atoms with Crippen LogP contribution in [-0.2, 0) is 6.42 Å². The summed E-state index contributed by atoms with van der Waals surface area (Å²) in [6.45, 7) is 0.606. The van der Waals surface area contributed by atoms with Crippen LogP contribution in [0, 0.1) is 0 Å². The highest BCUT2D eigenvalue weighted by atomic mass is 16.2. The molecule has 0 bridgehead atoms. The molecule has 2 fully saturated rings. The molecule has 0 radical (unpaired) electrons. The van der Waals surface area contributed by atoms with Crippen LogP contribution < -0.4 is 10.6 Å². The van der Waals surface area contributed by atoms with Gasteiger partial charge in [0.15, 0.2) is 5.65 Å². The molecule has 2 N–H and O–H groups in total. The second-order valence-electron chi connectivity index (χ2n) is 7.67. The molecule has 0 spiro atoms. The third-order valence-corrected chi connectivity index (χ3v) is 5.79.